The van der Waals surface area contributed by atoms with Crippen molar-refractivity contribution in [2.75, 3.05) is 6.61 Å². The minimum absolute atomic E-state index is 0.192. The van der Waals surface area contributed by atoms with Crippen LogP contribution in [0, 0.1) is 5.41 Å². The molecule has 1 aliphatic rings. The van der Waals surface area contributed by atoms with Crippen molar-refractivity contribution in [1.29, 1.82) is 0 Å². The van der Waals surface area contributed by atoms with Crippen molar-refractivity contribution < 1.29 is 14.3 Å². The number of esters is 1. The summed E-state index contributed by atoms with van der Waals surface area (Å²) in [4.78, 5) is 23.4. The van der Waals surface area contributed by atoms with Crippen LogP contribution in [0.15, 0.2) is 35.5 Å². The molecule has 0 N–H and O–H groups in total. The quantitative estimate of drug-likeness (QED) is 0.411. The van der Waals surface area contributed by atoms with E-state index in [1.54, 1.807) is 6.92 Å². The predicted molar refractivity (Wildman–Crippen MR) is 89.5 cm³/mol. The fourth-order valence-electron chi connectivity index (χ4n) is 2.89. The highest BCUT2D eigenvalue weighted by Crippen LogP contribution is 2.38. The van der Waals surface area contributed by atoms with Gasteiger partial charge in [0.2, 0.25) is 0 Å². The molecule has 0 amide bonds. The summed E-state index contributed by atoms with van der Waals surface area (Å²) >= 11 is 0. The average Bonchev–Trinajstić information content (AvgIpc) is 2.42. The predicted octanol–water partition coefficient (Wildman–Crippen LogP) is 4.54. The molecule has 22 heavy (non-hydrogen) atoms. The number of hydrogen-bond acceptors (Lipinski definition) is 3. The maximum atomic E-state index is 12.1. The van der Waals surface area contributed by atoms with Gasteiger partial charge >= 0.3 is 5.97 Å². The van der Waals surface area contributed by atoms with Crippen LogP contribution in [0.5, 0.6) is 0 Å². The van der Waals surface area contributed by atoms with E-state index in [4.69, 9.17) is 4.74 Å². The third-order valence-electron chi connectivity index (χ3n) is 4.10. The van der Waals surface area contributed by atoms with Gasteiger partial charge in [0.05, 0.1) is 6.61 Å². The Balaban J connectivity index is 2.60. The minimum Gasteiger partial charge on any atom is -0.463 e. The summed E-state index contributed by atoms with van der Waals surface area (Å²) in [5, 5.41) is 0. The lowest BCUT2D eigenvalue weighted by molar-refractivity contribution is -0.137. The zero-order chi connectivity index (χ0) is 16.6. The van der Waals surface area contributed by atoms with Gasteiger partial charge in [-0.3, -0.25) is 4.79 Å². The maximum Gasteiger partial charge on any atom is 0.330 e. The van der Waals surface area contributed by atoms with Gasteiger partial charge in [0.1, 0.15) is 5.78 Å². The van der Waals surface area contributed by atoms with Crippen LogP contribution < -0.4 is 0 Å². The largest absolute Gasteiger partial charge is 0.463 e. The van der Waals surface area contributed by atoms with Gasteiger partial charge in [-0.2, -0.15) is 0 Å². The van der Waals surface area contributed by atoms with Crippen LogP contribution in [-0.4, -0.2) is 18.4 Å². The monoisotopic (exact) mass is 304 g/mol. The second kappa shape index (κ2) is 8.72. The number of allylic oxidation sites excluding steroid dienone is 5. The van der Waals surface area contributed by atoms with E-state index in [-0.39, 0.29) is 11.4 Å². The summed E-state index contributed by atoms with van der Waals surface area (Å²) < 4.78 is 4.86. The Hall–Kier alpha value is -1.64. The first-order valence-corrected chi connectivity index (χ1v) is 8.09. The van der Waals surface area contributed by atoms with Crippen LogP contribution in [0.1, 0.15) is 59.8 Å². The number of carbonyl (C=O) groups is 2. The molecule has 1 fully saturated rings. The van der Waals surface area contributed by atoms with Crippen molar-refractivity contribution in [2.45, 2.75) is 59.8 Å². The van der Waals surface area contributed by atoms with Crippen molar-refractivity contribution in [3.05, 3.63) is 35.5 Å². The Kier molecular flexibility index (Phi) is 7.30. The lowest BCUT2D eigenvalue weighted by Crippen LogP contribution is -2.31. The Bertz CT molecular complexity index is 497. The molecule has 0 aliphatic heterocycles. The highest BCUT2D eigenvalue weighted by molar-refractivity contribution is 5.85. The van der Waals surface area contributed by atoms with Crippen LogP contribution in [-0.2, 0) is 14.3 Å². The standard InChI is InChI=1S/C19H28O3/c1-5-22-18(21)13-15(2)9-8-10-16(3)14-19(4)12-7-6-11-17(19)20/h8-10,13H,5-7,11-12,14H2,1-4H3/b9-8+,15-13+,16-10+. The number of Topliss-reactive ketones (excluding diaryl/α,β-unsaturated/α-hetero) is 1. The summed E-state index contributed by atoms with van der Waals surface area (Å²) in [5.74, 6) is 0.0829. The minimum atomic E-state index is -0.314. The van der Waals surface area contributed by atoms with Gasteiger partial charge in [-0.1, -0.05) is 37.1 Å². The van der Waals surface area contributed by atoms with E-state index in [2.05, 4.69) is 13.8 Å². The van der Waals surface area contributed by atoms with Crippen LogP contribution in [0.4, 0.5) is 0 Å². The Labute approximate surface area is 134 Å². The SMILES string of the molecule is CCOC(=O)/C=C(C)/C=C/C=C(\C)CC1(C)CCCCC1=O. The van der Waals surface area contributed by atoms with Gasteiger partial charge in [0.25, 0.3) is 0 Å². The van der Waals surface area contributed by atoms with Crippen LogP contribution >= 0.6 is 0 Å². The zero-order valence-electron chi connectivity index (χ0n) is 14.3. The zero-order valence-corrected chi connectivity index (χ0v) is 14.3. The third kappa shape index (κ3) is 6.00. The van der Waals surface area contributed by atoms with Crippen LogP contribution in [0.25, 0.3) is 0 Å². The van der Waals surface area contributed by atoms with Crippen molar-refractivity contribution >= 4 is 11.8 Å². The molecule has 1 unspecified atom stereocenters. The first kappa shape index (κ1) is 18.4. The van der Waals surface area contributed by atoms with E-state index >= 15 is 0 Å². The van der Waals surface area contributed by atoms with Gasteiger partial charge in [-0.25, -0.2) is 4.79 Å². The number of hydrogen-bond donors (Lipinski definition) is 0. The van der Waals surface area contributed by atoms with E-state index in [0.717, 1.165) is 37.7 Å². The second-order valence-electron chi connectivity index (χ2n) is 6.38. The third-order valence-corrected chi connectivity index (χ3v) is 4.10. The molecule has 1 rings (SSSR count). The molecule has 1 saturated carbocycles. The number of ether oxygens (including phenoxy) is 1. The fraction of sp³-hybridized carbons (Fsp3) is 0.579. The van der Waals surface area contributed by atoms with E-state index in [1.165, 1.54) is 11.6 Å². The van der Waals surface area contributed by atoms with Crippen LogP contribution in [0.2, 0.25) is 0 Å². The Morgan fingerprint density at radius 1 is 1.32 bits per heavy atom. The topological polar surface area (TPSA) is 43.4 Å². The Morgan fingerprint density at radius 3 is 2.68 bits per heavy atom. The van der Waals surface area contributed by atoms with Gasteiger partial charge < -0.3 is 4.74 Å². The highest BCUT2D eigenvalue weighted by Gasteiger charge is 2.34. The van der Waals surface area contributed by atoms with Crippen molar-refractivity contribution in [2.24, 2.45) is 5.41 Å². The molecule has 0 aromatic rings. The van der Waals surface area contributed by atoms with E-state index < -0.39 is 0 Å². The normalized spacial score (nSPS) is 23.9. The van der Waals surface area contributed by atoms with Gasteiger partial charge in [0.15, 0.2) is 0 Å². The summed E-state index contributed by atoms with van der Waals surface area (Å²) in [6.07, 6.45) is 12.0. The summed E-state index contributed by atoms with van der Waals surface area (Å²) in [7, 11) is 0. The molecule has 0 aromatic carbocycles. The molecule has 3 heteroatoms. The summed E-state index contributed by atoms with van der Waals surface area (Å²) in [6, 6.07) is 0. The van der Waals surface area contributed by atoms with E-state index in [9.17, 15) is 9.59 Å². The Morgan fingerprint density at radius 2 is 2.05 bits per heavy atom. The maximum absolute atomic E-state index is 12.1. The van der Waals surface area contributed by atoms with Gasteiger partial charge in [-0.05, 0) is 45.6 Å². The summed E-state index contributed by atoms with van der Waals surface area (Å²) in [6.45, 7) is 8.18. The molecule has 122 valence electrons. The number of rotatable bonds is 6. The number of ketones is 1. The molecule has 1 atom stereocenters. The van der Waals surface area contributed by atoms with Crippen LogP contribution in [0.3, 0.4) is 0 Å². The lowest BCUT2D eigenvalue weighted by atomic mass is 9.71. The molecule has 0 spiro atoms. The highest BCUT2D eigenvalue weighted by atomic mass is 16.5. The van der Waals surface area contributed by atoms with Gasteiger partial charge in [-0.15, -0.1) is 0 Å². The van der Waals surface area contributed by atoms with E-state index in [0.29, 0.717) is 12.4 Å². The number of carbonyl (C=O) groups excluding carboxylic acids is 2. The molecular weight excluding hydrogens is 276 g/mol. The first-order valence-electron chi connectivity index (χ1n) is 8.09. The van der Waals surface area contributed by atoms with Crippen molar-refractivity contribution in [3.8, 4) is 0 Å². The van der Waals surface area contributed by atoms with Crippen molar-refractivity contribution in [1.82, 2.24) is 0 Å². The molecule has 0 heterocycles. The first-order chi connectivity index (χ1) is 10.4. The molecule has 1 aliphatic carbocycles. The molecule has 0 aromatic heterocycles. The second-order valence-corrected chi connectivity index (χ2v) is 6.38. The molecule has 0 saturated heterocycles. The van der Waals surface area contributed by atoms with Crippen molar-refractivity contribution in [3.63, 3.8) is 0 Å². The van der Waals surface area contributed by atoms with E-state index in [1.807, 2.05) is 25.2 Å². The molecule has 0 radical (unpaired) electrons. The molecular formula is C19H28O3. The molecule has 0 bridgehead atoms. The average molecular weight is 304 g/mol. The molecule has 3 nitrogen and oxygen atoms in total. The summed E-state index contributed by atoms with van der Waals surface area (Å²) in [5.41, 5.74) is 1.85. The lowest BCUT2D eigenvalue weighted by Gasteiger charge is -2.32. The fourth-order valence-corrected chi connectivity index (χ4v) is 2.89. The van der Waals surface area contributed by atoms with Gasteiger partial charge in [0, 0.05) is 17.9 Å². The smallest absolute Gasteiger partial charge is 0.330 e.